The summed E-state index contributed by atoms with van der Waals surface area (Å²) in [6.07, 6.45) is 6.54. The fraction of sp³-hybridized carbons (Fsp3) is 0.130. The van der Waals surface area contributed by atoms with Crippen LogP contribution < -0.4 is 14.2 Å². The van der Waals surface area contributed by atoms with Crippen molar-refractivity contribution in [2.45, 2.75) is 13.5 Å². The molecule has 0 bridgehead atoms. The molecule has 0 amide bonds. The Kier molecular flexibility index (Phi) is 6.79. The number of ether oxygens (including phenoxy) is 3. The average molecular weight is 375 g/mol. The Morgan fingerprint density at radius 1 is 0.857 bits per heavy atom. The summed E-state index contributed by atoms with van der Waals surface area (Å²) in [4.78, 5) is 16.0. The van der Waals surface area contributed by atoms with Crippen LogP contribution in [-0.4, -0.2) is 17.6 Å². The summed E-state index contributed by atoms with van der Waals surface area (Å²) in [5.74, 6) is 1.51. The first-order valence-electron chi connectivity index (χ1n) is 8.97. The smallest absolute Gasteiger partial charge is 0.336 e. The van der Waals surface area contributed by atoms with Crippen LogP contribution in [0.3, 0.4) is 0 Å². The van der Waals surface area contributed by atoms with Gasteiger partial charge in [0.05, 0.1) is 6.61 Å². The zero-order valence-corrected chi connectivity index (χ0v) is 15.6. The highest BCUT2D eigenvalue weighted by molar-refractivity contribution is 5.88. The van der Waals surface area contributed by atoms with Gasteiger partial charge in [0.25, 0.3) is 0 Å². The molecule has 0 radical (unpaired) electrons. The maximum atomic E-state index is 12.0. The van der Waals surface area contributed by atoms with E-state index in [1.807, 2.05) is 43.3 Å². The van der Waals surface area contributed by atoms with Crippen LogP contribution in [0.2, 0.25) is 0 Å². The van der Waals surface area contributed by atoms with Crippen molar-refractivity contribution in [3.63, 3.8) is 0 Å². The second-order valence-corrected chi connectivity index (χ2v) is 5.87. The molecule has 5 nitrogen and oxygen atoms in total. The predicted octanol–water partition coefficient (Wildman–Crippen LogP) is 4.68. The Balaban J connectivity index is 1.49. The van der Waals surface area contributed by atoms with Gasteiger partial charge in [-0.1, -0.05) is 12.1 Å². The SMILES string of the molecule is CCOc1ccc(/C=C/C(=O)Oc2ccc(OCc3ccncc3)cc2)cc1. The van der Waals surface area contributed by atoms with E-state index in [0.29, 0.717) is 24.7 Å². The van der Waals surface area contributed by atoms with Gasteiger partial charge in [-0.15, -0.1) is 0 Å². The molecular formula is C23H21NO4. The summed E-state index contributed by atoms with van der Waals surface area (Å²) in [5.41, 5.74) is 1.92. The fourth-order valence-electron chi connectivity index (χ4n) is 2.41. The zero-order chi connectivity index (χ0) is 19.6. The quantitative estimate of drug-likeness (QED) is 0.325. The van der Waals surface area contributed by atoms with Crippen LogP contribution in [0.5, 0.6) is 17.2 Å². The molecule has 0 unspecified atom stereocenters. The van der Waals surface area contributed by atoms with E-state index >= 15 is 0 Å². The number of aromatic nitrogens is 1. The molecule has 3 aromatic rings. The standard InChI is InChI=1S/C23H21NO4/c1-2-26-20-6-3-18(4-7-20)5-12-23(25)28-22-10-8-21(9-11-22)27-17-19-13-15-24-16-14-19/h3-16H,2,17H2,1H3/b12-5+. The van der Waals surface area contributed by atoms with E-state index in [-0.39, 0.29) is 0 Å². The molecule has 1 heterocycles. The molecule has 142 valence electrons. The third-order valence-electron chi connectivity index (χ3n) is 3.80. The molecule has 0 aliphatic heterocycles. The third-order valence-corrected chi connectivity index (χ3v) is 3.80. The summed E-state index contributed by atoms with van der Waals surface area (Å²) in [6, 6.07) is 18.2. The molecule has 0 aliphatic carbocycles. The zero-order valence-electron chi connectivity index (χ0n) is 15.6. The van der Waals surface area contributed by atoms with Gasteiger partial charge in [-0.3, -0.25) is 4.98 Å². The maximum Gasteiger partial charge on any atom is 0.336 e. The number of pyridine rings is 1. The minimum absolute atomic E-state index is 0.445. The Morgan fingerprint density at radius 2 is 1.46 bits per heavy atom. The van der Waals surface area contributed by atoms with E-state index in [0.717, 1.165) is 16.9 Å². The first-order chi connectivity index (χ1) is 13.7. The van der Waals surface area contributed by atoms with Gasteiger partial charge < -0.3 is 14.2 Å². The van der Waals surface area contributed by atoms with Gasteiger partial charge in [-0.05, 0) is 72.7 Å². The van der Waals surface area contributed by atoms with Crippen molar-refractivity contribution in [1.82, 2.24) is 4.98 Å². The van der Waals surface area contributed by atoms with Gasteiger partial charge in [0.15, 0.2) is 0 Å². The second-order valence-electron chi connectivity index (χ2n) is 5.87. The Labute approximate surface area is 164 Å². The largest absolute Gasteiger partial charge is 0.494 e. The Morgan fingerprint density at radius 3 is 2.14 bits per heavy atom. The molecule has 5 heteroatoms. The van der Waals surface area contributed by atoms with Crippen LogP contribution in [0.4, 0.5) is 0 Å². The van der Waals surface area contributed by atoms with Crippen LogP contribution >= 0.6 is 0 Å². The van der Waals surface area contributed by atoms with Crippen LogP contribution in [0.25, 0.3) is 6.08 Å². The molecule has 0 saturated heterocycles. The van der Waals surface area contributed by atoms with E-state index < -0.39 is 5.97 Å². The fourth-order valence-corrected chi connectivity index (χ4v) is 2.41. The minimum Gasteiger partial charge on any atom is -0.494 e. The lowest BCUT2D eigenvalue weighted by atomic mass is 10.2. The third kappa shape index (κ3) is 5.99. The van der Waals surface area contributed by atoms with E-state index in [4.69, 9.17) is 14.2 Å². The van der Waals surface area contributed by atoms with Crippen LogP contribution in [0, 0.1) is 0 Å². The Bertz CT molecular complexity index is 904. The molecule has 3 rings (SSSR count). The number of rotatable bonds is 8. The monoisotopic (exact) mass is 375 g/mol. The van der Waals surface area contributed by atoms with Crippen molar-refractivity contribution in [3.05, 3.63) is 90.3 Å². The van der Waals surface area contributed by atoms with Gasteiger partial charge in [0.2, 0.25) is 0 Å². The summed E-state index contributed by atoms with van der Waals surface area (Å²) < 4.78 is 16.4. The summed E-state index contributed by atoms with van der Waals surface area (Å²) in [5, 5.41) is 0. The van der Waals surface area contributed by atoms with Crippen LogP contribution in [0.1, 0.15) is 18.1 Å². The number of carbonyl (C=O) groups excluding carboxylic acids is 1. The van der Waals surface area contributed by atoms with Crippen molar-refractivity contribution in [2.24, 2.45) is 0 Å². The molecule has 28 heavy (non-hydrogen) atoms. The molecule has 0 N–H and O–H groups in total. The average Bonchev–Trinajstić information content (AvgIpc) is 2.74. The molecule has 0 spiro atoms. The van der Waals surface area contributed by atoms with Crippen molar-refractivity contribution in [1.29, 1.82) is 0 Å². The molecule has 0 saturated carbocycles. The van der Waals surface area contributed by atoms with E-state index in [9.17, 15) is 4.79 Å². The highest BCUT2D eigenvalue weighted by Crippen LogP contribution is 2.19. The lowest BCUT2D eigenvalue weighted by Gasteiger charge is -2.07. The first-order valence-corrected chi connectivity index (χ1v) is 8.97. The van der Waals surface area contributed by atoms with Crippen LogP contribution in [-0.2, 0) is 11.4 Å². The van der Waals surface area contributed by atoms with Gasteiger partial charge in [-0.2, -0.15) is 0 Å². The molecule has 1 aromatic heterocycles. The second kappa shape index (κ2) is 9.92. The minimum atomic E-state index is -0.445. The number of hydrogen-bond acceptors (Lipinski definition) is 5. The van der Waals surface area contributed by atoms with Crippen LogP contribution in [0.15, 0.2) is 79.1 Å². The molecule has 2 aromatic carbocycles. The first kappa shape index (κ1) is 19.2. The molecule has 0 aliphatic rings. The molecular weight excluding hydrogens is 354 g/mol. The van der Waals surface area contributed by atoms with Crippen molar-refractivity contribution in [2.75, 3.05) is 6.61 Å². The van der Waals surface area contributed by atoms with E-state index in [1.165, 1.54) is 6.08 Å². The topological polar surface area (TPSA) is 57.7 Å². The lowest BCUT2D eigenvalue weighted by Crippen LogP contribution is -2.03. The van der Waals surface area contributed by atoms with Gasteiger partial charge in [0, 0.05) is 18.5 Å². The summed E-state index contributed by atoms with van der Waals surface area (Å²) >= 11 is 0. The summed E-state index contributed by atoms with van der Waals surface area (Å²) in [6.45, 7) is 3.00. The Hall–Kier alpha value is -3.60. The highest BCUT2D eigenvalue weighted by atomic mass is 16.5. The van der Waals surface area contributed by atoms with Gasteiger partial charge >= 0.3 is 5.97 Å². The number of esters is 1. The molecule has 0 atom stereocenters. The van der Waals surface area contributed by atoms with Crippen molar-refractivity contribution >= 4 is 12.0 Å². The maximum absolute atomic E-state index is 12.0. The van der Waals surface area contributed by atoms with E-state index in [2.05, 4.69) is 4.98 Å². The number of benzene rings is 2. The predicted molar refractivity (Wildman–Crippen MR) is 107 cm³/mol. The number of nitrogens with zero attached hydrogens (tertiary/aromatic N) is 1. The lowest BCUT2D eigenvalue weighted by molar-refractivity contribution is -0.128. The van der Waals surface area contributed by atoms with Crippen molar-refractivity contribution < 1.29 is 19.0 Å². The normalized spacial score (nSPS) is 10.6. The number of hydrogen-bond donors (Lipinski definition) is 0. The van der Waals surface area contributed by atoms with Crippen molar-refractivity contribution in [3.8, 4) is 17.2 Å². The number of carbonyl (C=O) groups is 1. The summed E-state index contributed by atoms with van der Waals surface area (Å²) in [7, 11) is 0. The highest BCUT2D eigenvalue weighted by Gasteiger charge is 2.02. The van der Waals surface area contributed by atoms with Gasteiger partial charge in [-0.25, -0.2) is 4.79 Å². The van der Waals surface area contributed by atoms with Gasteiger partial charge in [0.1, 0.15) is 23.9 Å². The molecule has 0 fully saturated rings. The van der Waals surface area contributed by atoms with E-state index in [1.54, 1.807) is 42.7 Å².